The number of hydrogen-bond donors (Lipinski definition) is 0. The van der Waals surface area contributed by atoms with Crippen LogP contribution in [0.5, 0.6) is 5.75 Å². The average Bonchev–Trinajstić information content (AvgIpc) is 2.70. The number of ether oxygens (including phenoxy) is 1. The van der Waals surface area contributed by atoms with Crippen molar-refractivity contribution in [2.24, 2.45) is 0 Å². The van der Waals surface area contributed by atoms with Crippen molar-refractivity contribution in [3.05, 3.63) is 24.3 Å². The molecule has 1 aliphatic rings. The predicted molar refractivity (Wildman–Crippen MR) is 69.7 cm³/mol. The fourth-order valence-electron chi connectivity index (χ4n) is 1.82. The van der Waals surface area contributed by atoms with Crippen LogP contribution in [0, 0.1) is 0 Å². The first-order valence-electron chi connectivity index (χ1n) is 5.81. The summed E-state index contributed by atoms with van der Waals surface area (Å²) in [4.78, 5) is 25.2. The van der Waals surface area contributed by atoms with Gasteiger partial charge >= 0.3 is 0 Å². The summed E-state index contributed by atoms with van der Waals surface area (Å²) in [6, 6.07) is 7.74. The van der Waals surface area contributed by atoms with E-state index < -0.39 is 0 Å². The zero-order valence-electron chi connectivity index (χ0n) is 10.2. The highest BCUT2D eigenvalue weighted by Crippen LogP contribution is 2.23. The highest BCUT2D eigenvalue weighted by molar-refractivity contribution is 7.99. The maximum absolute atomic E-state index is 11.4. The summed E-state index contributed by atoms with van der Waals surface area (Å²) >= 11 is 1.61. The van der Waals surface area contributed by atoms with Gasteiger partial charge in [0.1, 0.15) is 5.75 Å². The van der Waals surface area contributed by atoms with E-state index in [4.69, 9.17) is 4.74 Å². The molecule has 96 valence electrons. The van der Waals surface area contributed by atoms with Gasteiger partial charge in [0.05, 0.1) is 7.11 Å². The van der Waals surface area contributed by atoms with Crippen LogP contribution in [0.1, 0.15) is 12.8 Å². The highest BCUT2D eigenvalue weighted by atomic mass is 32.2. The van der Waals surface area contributed by atoms with Gasteiger partial charge in [-0.2, -0.15) is 0 Å². The molecule has 0 bridgehead atoms. The van der Waals surface area contributed by atoms with Crippen LogP contribution in [-0.2, 0) is 9.59 Å². The van der Waals surface area contributed by atoms with E-state index in [1.807, 2.05) is 24.3 Å². The second kappa shape index (κ2) is 5.91. The van der Waals surface area contributed by atoms with Crippen LogP contribution >= 0.6 is 11.8 Å². The fraction of sp³-hybridized carbons (Fsp3) is 0.385. The molecule has 0 atom stereocenters. The Hall–Kier alpha value is -1.49. The molecule has 1 fully saturated rings. The van der Waals surface area contributed by atoms with E-state index in [9.17, 15) is 9.59 Å². The summed E-state index contributed by atoms with van der Waals surface area (Å²) in [5, 5.41) is 0. The first-order valence-corrected chi connectivity index (χ1v) is 6.79. The van der Waals surface area contributed by atoms with Crippen LogP contribution in [0.3, 0.4) is 0 Å². The van der Waals surface area contributed by atoms with Crippen molar-refractivity contribution in [2.45, 2.75) is 17.7 Å². The van der Waals surface area contributed by atoms with Crippen molar-refractivity contribution >= 4 is 23.6 Å². The van der Waals surface area contributed by atoms with Crippen LogP contribution in [0.2, 0.25) is 0 Å². The lowest BCUT2D eigenvalue weighted by Crippen LogP contribution is -2.31. The average molecular weight is 265 g/mol. The maximum atomic E-state index is 11.4. The van der Waals surface area contributed by atoms with Crippen LogP contribution in [0.4, 0.5) is 0 Å². The van der Waals surface area contributed by atoms with Gasteiger partial charge in [-0.1, -0.05) is 6.07 Å². The first-order chi connectivity index (χ1) is 8.70. The monoisotopic (exact) mass is 265 g/mol. The molecule has 0 radical (unpaired) electrons. The summed E-state index contributed by atoms with van der Waals surface area (Å²) in [5.74, 6) is 1.43. The second-order valence-electron chi connectivity index (χ2n) is 3.97. The van der Waals surface area contributed by atoms with E-state index in [0.29, 0.717) is 25.1 Å². The Morgan fingerprint density at radius 2 is 2.00 bits per heavy atom. The molecule has 1 heterocycles. The van der Waals surface area contributed by atoms with Crippen molar-refractivity contribution in [2.75, 3.05) is 19.4 Å². The standard InChI is InChI=1S/C13H15NO3S/c1-17-10-3-2-4-11(9-10)18-8-7-14-12(15)5-6-13(14)16/h2-4,9H,5-8H2,1H3. The van der Waals surface area contributed by atoms with Gasteiger partial charge in [-0.15, -0.1) is 11.8 Å². The molecule has 0 spiro atoms. The summed E-state index contributed by atoms with van der Waals surface area (Å²) in [6.07, 6.45) is 0.727. The van der Waals surface area contributed by atoms with Gasteiger partial charge < -0.3 is 4.74 Å². The zero-order valence-corrected chi connectivity index (χ0v) is 11.0. The second-order valence-corrected chi connectivity index (χ2v) is 5.13. The molecule has 0 unspecified atom stereocenters. The number of nitrogens with zero attached hydrogens (tertiary/aromatic N) is 1. The Bertz CT molecular complexity index is 445. The van der Waals surface area contributed by atoms with E-state index in [2.05, 4.69) is 0 Å². The Labute approximate surface area is 110 Å². The number of likely N-dealkylation sites (tertiary alicyclic amines) is 1. The molecule has 2 rings (SSSR count). The summed E-state index contributed by atoms with van der Waals surface area (Å²) in [7, 11) is 1.63. The largest absolute Gasteiger partial charge is 0.497 e. The minimum absolute atomic E-state index is 0.0498. The molecule has 2 amide bonds. The number of carbonyl (C=O) groups is 2. The minimum Gasteiger partial charge on any atom is -0.497 e. The van der Waals surface area contributed by atoms with Gasteiger partial charge in [-0.05, 0) is 18.2 Å². The van der Waals surface area contributed by atoms with E-state index >= 15 is 0 Å². The van der Waals surface area contributed by atoms with Crippen LogP contribution in [0.15, 0.2) is 29.2 Å². The zero-order chi connectivity index (χ0) is 13.0. The van der Waals surface area contributed by atoms with Crippen molar-refractivity contribution in [3.8, 4) is 5.75 Å². The fourth-order valence-corrected chi connectivity index (χ4v) is 2.70. The van der Waals surface area contributed by atoms with Crippen LogP contribution in [0.25, 0.3) is 0 Å². The number of amides is 2. The summed E-state index contributed by atoms with van der Waals surface area (Å²) in [5.41, 5.74) is 0. The van der Waals surface area contributed by atoms with Crippen molar-refractivity contribution in [1.82, 2.24) is 4.90 Å². The Balaban J connectivity index is 1.84. The first kappa shape index (κ1) is 13.0. The molecule has 4 nitrogen and oxygen atoms in total. The van der Waals surface area contributed by atoms with Gasteiger partial charge in [0.15, 0.2) is 0 Å². The van der Waals surface area contributed by atoms with E-state index in [1.54, 1.807) is 18.9 Å². The van der Waals surface area contributed by atoms with Crippen LogP contribution < -0.4 is 4.74 Å². The van der Waals surface area contributed by atoms with E-state index in [-0.39, 0.29) is 11.8 Å². The Morgan fingerprint density at radius 3 is 2.67 bits per heavy atom. The summed E-state index contributed by atoms with van der Waals surface area (Å²) in [6.45, 7) is 0.486. The van der Waals surface area contributed by atoms with Gasteiger partial charge in [0, 0.05) is 30.0 Å². The topological polar surface area (TPSA) is 46.6 Å². The minimum atomic E-state index is -0.0498. The quantitative estimate of drug-likeness (QED) is 0.603. The molecule has 0 saturated carbocycles. The number of carbonyl (C=O) groups excluding carboxylic acids is 2. The number of benzene rings is 1. The number of methoxy groups -OCH3 is 1. The molecule has 0 aromatic heterocycles. The third kappa shape index (κ3) is 3.04. The highest BCUT2D eigenvalue weighted by Gasteiger charge is 2.27. The smallest absolute Gasteiger partial charge is 0.229 e. The number of thioether (sulfide) groups is 1. The van der Waals surface area contributed by atoms with Gasteiger partial charge in [-0.3, -0.25) is 14.5 Å². The molecule has 0 N–H and O–H groups in total. The molecular formula is C13H15NO3S. The van der Waals surface area contributed by atoms with E-state index in [1.165, 1.54) is 4.90 Å². The van der Waals surface area contributed by atoms with Crippen molar-refractivity contribution in [3.63, 3.8) is 0 Å². The normalized spacial score (nSPS) is 15.3. The Morgan fingerprint density at radius 1 is 1.28 bits per heavy atom. The number of rotatable bonds is 5. The van der Waals surface area contributed by atoms with Crippen molar-refractivity contribution in [1.29, 1.82) is 0 Å². The molecular weight excluding hydrogens is 250 g/mol. The lowest BCUT2D eigenvalue weighted by molar-refractivity contribution is -0.137. The molecule has 1 aliphatic heterocycles. The predicted octanol–water partition coefficient (Wildman–Crippen LogP) is 1.94. The molecule has 5 heteroatoms. The lowest BCUT2D eigenvalue weighted by Gasteiger charge is -2.13. The van der Waals surface area contributed by atoms with Crippen molar-refractivity contribution < 1.29 is 14.3 Å². The molecule has 1 aromatic rings. The maximum Gasteiger partial charge on any atom is 0.229 e. The number of hydrogen-bond acceptors (Lipinski definition) is 4. The van der Waals surface area contributed by atoms with Gasteiger partial charge in [-0.25, -0.2) is 0 Å². The SMILES string of the molecule is COc1cccc(SCCN2C(=O)CCC2=O)c1. The van der Waals surface area contributed by atoms with Gasteiger partial charge in [0.2, 0.25) is 11.8 Å². The van der Waals surface area contributed by atoms with Gasteiger partial charge in [0.25, 0.3) is 0 Å². The molecule has 0 aliphatic carbocycles. The summed E-state index contributed by atoms with van der Waals surface area (Å²) < 4.78 is 5.14. The molecule has 18 heavy (non-hydrogen) atoms. The van der Waals surface area contributed by atoms with Crippen LogP contribution in [-0.4, -0.2) is 36.1 Å². The lowest BCUT2D eigenvalue weighted by atomic mass is 10.3. The third-order valence-electron chi connectivity index (χ3n) is 2.78. The van der Waals surface area contributed by atoms with E-state index in [0.717, 1.165) is 10.6 Å². The Kier molecular flexibility index (Phi) is 4.25. The third-order valence-corrected chi connectivity index (χ3v) is 3.75. The number of imide groups is 1. The molecule has 1 aromatic carbocycles. The molecule has 1 saturated heterocycles.